The van der Waals surface area contributed by atoms with Gasteiger partial charge in [-0.1, -0.05) is 0 Å². The van der Waals surface area contributed by atoms with E-state index in [2.05, 4.69) is 9.88 Å². The maximum absolute atomic E-state index is 12.3. The lowest BCUT2D eigenvalue weighted by Crippen LogP contribution is -2.43. The number of carbonyl (C=O) groups is 1. The van der Waals surface area contributed by atoms with E-state index in [0.717, 1.165) is 37.0 Å². The minimum absolute atomic E-state index is 0.0649. The molecule has 3 rings (SSSR count). The van der Waals surface area contributed by atoms with E-state index < -0.39 is 5.60 Å². The summed E-state index contributed by atoms with van der Waals surface area (Å²) < 4.78 is 5.45. The number of amides is 1. The van der Waals surface area contributed by atoms with E-state index in [1.54, 1.807) is 30.4 Å². The second-order valence-corrected chi connectivity index (χ2v) is 8.60. The van der Waals surface area contributed by atoms with Crippen molar-refractivity contribution in [2.75, 3.05) is 31.6 Å². The molecular formula is C21H28N4O4. The number of carbonyl (C=O) groups excluding carboxylic acids is 1. The molecule has 1 aliphatic rings. The number of nitro benzene ring substituents is 1. The number of ether oxygens (including phenoxy) is 1. The summed E-state index contributed by atoms with van der Waals surface area (Å²) in [6.45, 7) is 7.84. The lowest BCUT2D eigenvalue weighted by atomic mass is 9.96. The number of nitro groups is 1. The van der Waals surface area contributed by atoms with Crippen LogP contribution in [0.1, 0.15) is 33.6 Å². The molecule has 0 N–H and O–H groups in total. The van der Waals surface area contributed by atoms with Gasteiger partial charge in [0.1, 0.15) is 5.60 Å². The van der Waals surface area contributed by atoms with E-state index >= 15 is 0 Å². The maximum Gasteiger partial charge on any atom is 0.410 e. The van der Waals surface area contributed by atoms with Gasteiger partial charge in [-0.25, -0.2) is 4.79 Å². The molecule has 0 radical (unpaired) electrons. The third-order valence-electron chi connectivity index (χ3n) is 5.07. The first-order valence-corrected chi connectivity index (χ1v) is 9.86. The summed E-state index contributed by atoms with van der Waals surface area (Å²) in [7, 11) is 1.76. The SMILES string of the molecule is CN(CC1CCCN(c2ccc([N+](=O)[O-])c3cnccc23)C1)C(=O)OC(C)(C)C. The molecule has 0 bridgehead atoms. The Morgan fingerprint density at radius 1 is 1.34 bits per heavy atom. The molecule has 0 saturated carbocycles. The third kappa shape index (κ3) is 4.93. The summed E-state index contributed by atoms with van der Waals surface area (Å²) in [4.78, 5) is 31.2. The zero-order valence-electron chi connectivity index (χ0n) is 17.4. The number of rotatable bonds is 4. The highest BCUT2D eigenvalue weighted by molar-refractivity contribution is 5.99. The van der Waals surface area contributed by atoms with Crippen LogP contribution in [-0.4, -0.2) is 53.2 Å². The Morgan fingerprint density at radius 2 is 2.10 bits per heavy atom. The highest BCUT2D eigenvalue weighted by Crippen LogP contribution is 2.35. The lowest BCUT2D eigenvalue weighted by molar-refractivity contribution is -0.383. The third-order valence-corrected chi connectivity index (χ3v) is 5.07. The largest absolute Gasteiger partial charge is 0.444 e. The molecule has 1 unspecified atom stereocenters. The van der Waals surface area contributed by atoms with Crippen LogP contribution in [0.25, 0.3) is 10.8 Å². The maximum atomic E-state index is 12.3. The number of hydrogen-bond donors (Lipinski definition) is 0. The normalized spacial score (nSPS) is 17.2. The molecule has 0 spiro atoms. The summed E-state index contributed by atoms with van der Waals surface area (Å²) in [6.07, 6.45) is 4.91. The minimum Gasteiger partial charge on any atom is -0.444 e. The van der Waals surface area contributed by atoms with Crippen LogP contribution in [0.3, 0.4) is 0 Å². The molecule has 1 fully saturated rings. The van der Waals surface area contributed by atoms with E-state index in [0.29, 0.717) is 17.8 Å². The van der Waals surface area contributed by atoms with Gasteiger partial charge in [-0.3, -0.25) is 15.1 Å². The summed E-state index contributed by atoms with van der Waals surface area (Å²) in [5.41, 5.74) is 0.517. The molecule has 1 aromatic heterocycles. The van der Waals surface area contributed by atoms with Crippen LogP contribution < -0.4 is 4.90 Å². The van der Waals surface area contributed by atoms with Gasteiger partial charge in [-0.15, -0.1) is 0 Å². The smallest absolute Gasteiger partial charge is 0.410 e. The predicted octanol–water partition coefficient (Wildman–Crippen LogP) is 4.23. The molecule has 2 aromatic rings. The van der Waals surface area contributed by atoms with Crippen LogP contribution in [0.4, 0.5) is 16.2 Å². The van der Waals surface area contributed by atoms with Gasteiger partial charge in [0.15, 0.2) is 0 Å². The van der Waals surface area contributed by atoms with E-state index in [-0.39, 0.29) is 16.7 Å². The number of benzene rings is 1. The number of non-ortho nitro benzene ring substituents is 1. The van der Waals surface area contributed by atoms with Crippen molar-refractivity contribution < 1.29 is 14.5 Å². The van der Waals surface area contributed by atoms with Gasteiger partial charge in [-0.2, -0.15) is 0 Å². The number of nitrogens with zero attached hydrogens (tertiary/aromatic N) is 4. The first-order valence-electron chi connectivity index (χ1n) is 9.86. The van der Waals surface area contributed by atoms with Crippen LogP contribution in [0.2, 0.25) is 0 Å². The van der Waals surface area contributed by atoms with Gasteiger partial charge in [0, 0.05) is 56.2 Å². The van der Waals surface area contributed by atoms with Crippen molar-refractivity contribution in [1.82, 2.24) is 9.88 Å². The van der Waals surface area contributed by atoms with Crippen molar-refractivity contribution in [3.05, 3.63) is 40.7 Å². The van der Waals surface area contributed by atoms with Crippen LogP contribution in [-0.2, 0) is 4.74 Å². The Labute approximate surface area is 170 Å². The van der Waals surface area contributed by atoms with Crippen LogP contribution in [0.5, 0.6) is 0 Å². The molecule has 8 heteroatoms. The quantitative estimate of drug-likeness (QED) is 0.564. The van der Waals surface area contributed by atoms with Gasteiger partial charge in [0.2, 0.25) is 0 Å². The van der Waals surface area contributed by atoms with Gasteiger partial charge < -0.3 is 14.5 Å². The molecule has 1 saturated heterocycles. The van der Waals surface area contributed by atoms with Crippen LogP contribution in [0, 0.1) is 16.0 Å². The number of anilines is 1. The van der Waals surface area contributed by atoms with E-state index in [1.165, 1.54) is 0 Å². The molecule has 1 atom stereocenters. The summed E-state index contributed by atoms with van der Waals surface area (Å²) in [6, 6.07) is 5.20. The molecule has 1 amide bonds. The highest BCUT2D eigenvalue weighted by Gasteiger charge is 2.27. The van der Waals surface area contributed by atoms with Crippen LogP contribution in [0.15, 0.2) is 30.6 Å². The van der Waals surface area contributed by atoms with Crippen molar-refractivity contribution in [2.24, 2.45) is 5.92 Å². The topological polar surface area (TPSA) is 88.8 Å². The fourth-order valence-electron chi connectivity index (χ4n) is 3.83. The molecule has 0 aliphatic carbocycles. The summed E-state index contributed by atoms with van der Waals surface area (Å²) in [5, 5.41) is 12.7. The first kappa shape index (κ1) is 20.8. The van der Waals surface area contributed by atoms with Crippen molar-refractivity contribution in [1.29, 1.82) is 0 Å². The monoisotopic (exact) mass is 400 g/mol. The van der Waals surface area contributed by atoms with Crippen molar-refractivity contribution in [3.8, 4) is 0 Å². The first-order chi connectivity index (χ1) is 13.7. The Bertz CT molecular complexity index is 909. The van der Waals surface area contributed by atoms with Crippen LogP contribution >= 0.6 is 0 Å². The van der Waals surface area contributed by atoms with E-state index in [4.69, 9.17) is 4.74 Å². The molecule has 1 aliphatic heterocycles. The molecule has 29 heavy (non-hydrogen) atoms. The minimum atomic E-state index is -0.518. The fraction of sp³-hybridized carbons (Fsp3) is 0.524. The second kappa shape index (κ2) is 8.23. The van der Waals surface area contributed by atoms with E-state index in [1.807, 2.05) is 32.9 Å². The average Bonchev–Trinajstić information content (AvgIpc) is 2.65. The average molecular weight is 400 g/mol. The summed E-state index contributed by atoms with van der Waals surface area (Å²) in [5.74, 6) is 0.299. The molecule has 1 aromatic carbocycles. The molecule has 8 nitrogen and oxygen atoms in total. The number of piperidine rings is 1. The highest BCUT2D eigenvalue weighted by atomic mass is 16.6. The number of pyridine rings is 1. The Kier molecular flexibility index (Phi) is 5.91. The number of fused-ring (bicyclic) bond motifs is 1. The molecule has 156 valence electrons. The standard InChI is InChI=1S/C21H28N4O4/c1-21(2,3)29-20(26)23(4)13-15-6-5-11-24(14-15)18-7-8-19(25(27)28)17-12-22-10-9-16(17)18/h7-10,12,15H,5-6,11,13-14H2,1-4H3. The second-order valence-electron chi connectivity index (χ2n) is 8.60. The Balaban J connectivity index is 1.77. The zero-order valence-corrected chi connectivity index (χ0v) is 17.4. The molecule has 2 heterocycles. The lowest BCUT2D eigenvalue weighted by Gasteiger charge is -2.36. The van der Waals surface area contributed by atoms with Crippen molar-refractivity contribution >= 4 is 28.2 Å². The van der Waals surface area contributed by atoms with Gasteiger partial charge in [0.25, 0.3) is 5.69 Å². The van der Waals surface area contributed by atoms with Gasteiger partial charge in [-0.05, 0) is 51.7 Å². The van der Waals surface area contributed by atoms with Gasteiger partial charge >= 0.3 is 6.09 Å². The van der Waals surface area contributed by atoms with E-state index in [9.17, 15) is 14.9 Å². The van der Waals surface area contributed by atoms with Gasteiger partial charge in [0.05, 0.1) is 10.3 Å². The predicted molar refractivity (Wildman–Crippen MR) is 112 cm³/mol. The summed E-state index contributed by atoms with van der Waals surface area (Å²) >= 11 is 0. The van der Waals surface area contributed by atoms with Crippen molar-refractivity contribution in [3.63, 3.8) is 0 Å². The molecular weight excluding hydrogens is 372 g/mol. The Hall–Kier alpha value is -2.90. The van der Waals surface area contributed by atoms with Crippen molar-refractivity contribution in [2.45, 2.75) is 39.2 Å². The fourth-order valence-corrected chi connectivity index (χ4v) is 3.83. The number of hydrogen-bond acceptors (Lipinski definition) is 6. The Morgan fingerprint density at radius 3 is 2.79 bits per heavy atom. The number of aromatic nitrogens is 1. The zero-order chi connectivity index (χ0) is 21.2.